The minimum Gasteiger partial charge on any atom is -0.459 e. The molecule has 4 heteroatoms. The molecule has 104 valence electrons. The second-order valence-electron chi connectivity index (χ2n) is 4.79. The molecule has 0 aliphatic carbocycles. The topological polar surface area (TPSA) is 51.6 Å². The number of fused-ring (bicyclic) bond motifs is 1. The highest BCUT2D eigenvalue weighted by Gasteiger charge is 2.13. The first-order valence-corrected chi connectivity index (χ1v) is 6.63. The van der Waals surface area contributed by atoms with Gasteiger partial charge in [-0.2, -0.15) is 0 Å². The van der Waals surface area contributed by atoms with E-state index in [1.807, 2.05) is 18.2 Å². The van der Waals surface area contributed by atoms with Gasteiger partial charge in [0.15, 0.2) is 0 Å². The van der Waals surface area contributed by atoms with Gasteiger partial charge in [0.2, 0.25) is 0 Å². The molecular weight excluding hydrogens is 240 g/mol. The zero-order valence-electron chi connectivity index (χ0n) is 11.7. The number of nitrogens with two attached hydrogens (primary N) is 1. The smallest absolute Gasteiger partial charge is 0.134 e. The van der Waals surface area contributed by atoms with Gasteiger partial charge in [0.1, 0.15) is 11.3 Å². The van der Waals surface area contributed by atoms with Gasteiger partial charge in [-0.25, -0.2) is 0 Å². The highest BCUT2D eigenvalue weighted by atomic mass is 16.5. The summed E-state index contributed by atoms with van der Waals surface area (Å²) in [6, 6.07) is 8.06. The minimum absolute atomic E-state index is 0.512. The second kappa shape index (κ2) is 6.70. The average molecular weight is 262 g/mol. The number of nitrogens with zero attached hydrogens (tertiary/aromatic N) is 1. The molecule has 4 nitrogen and oxygen atoms in total. The van der Waals surface area contributed by atoms with Gasteiger partial charge < -0.3 is 14.9 Å². The molecule has 0 aliphatic rings. The van der Waals surface area contributed by atoms with Crippen molar-refractivity contribution in [2.24, 2.45) is 5.73 Å². The van der Waals surface area contributed by atoms with E-state index in [0.717, 1.165) is 48.4 Å². The van der Waals surface area contributed by atoms with Gasteiger partial charge in [0.25, 0.3) is 0 Å². The SMILES string of the molecule is COCCCN(C)Cc1oc2ccccc2c1CN. The Morgan fingerprint density at radius 2 is 2.11 bits per heavy atom. The highest BCUT2D eigenvalue weighted by Crippen LogP contribution is 2.26. The van der Waals surface area contributed by atoms with Crippen LogP contribution in [0.4, 0.5) is 0 Å². The molecule has 0 aliphatic heterocycles. The van der Waals surface area contributed by atoms with Crippen molar-refractivity contribution in [2.45, 2.75) is 19.5 Å². The van der Waals surface area contributed by atoms with Crippen molar-refractivity contribution in [3.63, 3.8) is 0 Å². The molecule has 1 aromatic heterocycles. The predicted molar refractivity (Wildman–Crippen MR) is 76.9 cm³/mol. The van der Waals surface area contributed by atoms with Gasteiger partial charge >= 0.3 is 0 Å². The van der Waals surface area contributed by atoms with Crippen molar-refractivity contribution in [1.82, 2.24) is 4.90 Å². The summed E-state index contributed by atoms with van der Waals surface area (Å²) in [6.45, 7) is 3.06. The molecule has 0 saturated carbocycles. The normalized spacial score (nSPS) is 11.6. The van der Waals surface area contributed by atoms with Crippen molar-refractivity contribution in [1.29, 1.82) is 0 Å². The van der Waals surface area contributed by atoms with E-state index < -0.39 is 0 Å². The standard InChI is InChI=1S/C15H22N2O2/c1-17(8-5-9-18-2)11-15-13(10-16)12-6-3-4-7-14(12)19-15/h3-4,6-7H,5,8-11,16H2,1-2H3. The summed E-state index contributed by atoms with van der Waals surface area (Å²) in [4.78, 5) is 2.23. The maximum atomic E-state index is 5.91. The quantitative estimate of drug-likeness (QED) is 0.778. The maximum absolute atomic E-state index is 5.91. The van der Waals surface area contributed by atoms with Crippen molar-refractivity contribution in [2.75, 3.05) is 27.3 Å². The largest absolute Gasteiger partial charge is 0.459 e. The first kappa shape index (κ1) is 14.1. The summed E-state index contributed by atoms with van der Waals surface area (Å²) in [5.41, 5.74) is 7.90. The first-order valence-electron chi connectivity index (χ1n) is 6.63. The summed E-state index contributed by atoms with van der Waals surface area (Å²) < 4.78 is 11.0. The summed E-state index contributed by atoms with van der Waals surface area (Å²) in [7, 11) is 3.81. The highest BCUT2D eigenvalue weighted by molar-refractivity contribution is 5.82. The Morgan fingerprint density at radius 1 is 1.32 bits per heavy atom. The minimum atomic E-state index is 0.512. The van der Waals surface area contributed by atoms with Gasteiger partial charge in [0, 0.05) is 37.8 Å². The molecular formula is C15H22N2O2. The number of hydrogen-bond acceptors (Lipinski definition) is 4. The molecule has 2 aromatic rings. The van der Waals surface area contributed by atoms with E-state index in [1.165, 1.54) is 0 Å². The molecule has 0 fully saturated rings. The molecule has 2 N–H and O–H groups in total. The van der Waals surface area contributed by atoms with Crippen molar-refractivity contribution in [3.8, 4) is 0 Å². The number of ether oxygens (including phenoxy) is 1. The Bertz CT molecular complexity index is 522. The fourth-order valence-electron chi connectivity index (χ4n) is 2.30. The van der Waals surface area contributed by atoms with E-state index >= 15 is 0 Å². The van der Waals surface area contributed by atoms with Gasteiger partial charge in [-0.1, -0.05) is 18.2 Å². The van der Waals surface area contributed by atoms with Crippen LogP contribution in [-0.2, 0) is 17.8 Å². The third-order valence-electron chi connectivity index (χ3n) is 3.29. The molecule has 0 bridgehead atoms. The van der Waals surface area contributed by atoms with E-state index in [9.17, 15) is 0 Å². The Hall–Kier alpha value is -1.36. The summed E-state index contributed by atoms with van der Waals surface area (Å²) >= 11 is 0. The second-order valence-corrected chi connectivity index (χ2v) is 4.79. The average Bonchev–Trinajstić information content (AvgIpc) is 2.76. The monoisotopic (exact) mass is 262 g/mol. The van der Waals surface area contributed by atoms with E-state index in [1.54, 1.807) is 7.11 Å². The number of methoxy groups -OCH3 is 1. The lowest BCUT2D eigenvalue weighted by Gasteiger charge is -2.15. The summed E-state index contributed by atoms with van der Waals surface area (Å²) in [5, 5.41) is 1.13. The third kappa shape index (κ3) is 3.35. The van der Waals surface area contributed by atoms with Crippen LogP contribution in [0, 0.1) is 0 Å². The zero-order chi connectivity index (χ0) is 13.7. The van der Waals surface area contributed by atoms with Gasteiger partial charge in [-0.05, 0) is 19.5 Å². The molecule has 2 rings (SSSR count). The lowest BCUT2D eigenvalue weighted by atomic mass is 10.1. The van der Waals surface area contributed by atoms with Gasteiger partial charge in [-0.3, -0.25) is 4.90 Å². The summed E-state index contributed by atoms with van der Waals surface area (Å²) in [6.07, 6.45) is 1.02. The first-order chi connectivity index (χ1) is 9.26. The molecule has 0 radical (unpaired) electrons. The van der Waals surface area contributed by atoms with Crippen LogP contribution in [0.25, 0.3) is 11.0 Å². The Kier molecular flexibility index (Phi) is 4.96. The zero-order valence-corrected chi connectivity index (χ0v) is 11.7. The number of benzene rings is 1. The molecule has 0 amide bonds. The van der Waals surface area contributed by atoms with Crippen molar-refractivity contribution in [3.05, 3.63) is 35.6 Å². The Labute approximate surface area is 114 Å². The van der Waals surface area contributed by atoms with Crippen molar-refractivity contribution < 1.29 is 9.15 Å². The van der Waals surface area contributed by atoms with Crippen LogP contribution in [0.2, 0.25) is 0 Å². The molecule has 0 spiro atoms. The molecule has 0 atom stereocenters. The number of para-hydroxylation sites is 1. The fourth-order valence-corrected chi connectivity index (χ4v) is 2.30. The number of hydrogen-bond donors (Lipinski definition) is 1. The predicted octanol–water partition coefficient (Wildman–Crippen LogP) is 2.36. The van der Waals surface area contributed by atoms with Crippen LogP contribution in [0.3, 0.4) is 0 Å². The molecule has 1 aromatic carbocycles. The number of furan rings is 1. The van der Waals surface area contributed by atoms with E-state index in [4.69, 9.17) is 14.9 Å². The van der Waals surface area contributed by atoms with Crippen LogP contribution in [0.15, 0.2) is 28.7 Å². The van der Waals surface area contributed by atoms with Crippen LogP contribution in [-0.4, -0.2) is 32.2 Å². The molecule has 0 saturated heterocycles. The van der Waals surface area contributed by atoms with Crippen LogP contribution in [0.1, 0.15) is 17.7 Å². The molecule has 1 heterocycles. The maximum Gasteiger partial charge on any atom is 0.134 e. The fraction of sp³-hybridized carbons (Fsp3) is 0.467. The van der Waals surface area contributed by atoms with Crippen LogP contribution < -0.4 is 5.73 Å². The van der Waals surface area contributed by atoms with Gasteiger partial charge in [0.05, 0.1) is 6.54 Å². The van der Waals surface area contributed by atoms with Gasteiger partial charge in [-0.15, -0.1) is 0 Å². The lowest BCUT2D eigenvalue weighted by molar-refractivity contribution is 0.176. The van der Waals surface area contributed by atoms with E-state index in [2.05, 4.69) is 18.0 Å². The van der Waals surface area contributed by atoms with E-state index in [0.29, 0.717) is 6.54 Å². The van der Waals surface area contributed by atoms with Crippen molar-refractivity contribution >= 4 is 11.0 Å². The van der Waals surface area contributed by atoms with E-state index in [-0.39, 0.29) is 0 Å². The Balaban J connectivity index is 2.11. The number of rotatable bonds is 7. The van der Waals surface area contributed by atoms with Crippen LogP contribution in [0.5, 0.6) is 0 Å². The van der Waals surface area contributed by atoms with Crippen LogP contribution >= 0.6 is 0 Å². The molecule has 0 unspecified atom stereocenters. The third-order valence-corrected chi connectivity index (χ3v) is 3.29. The lowest BCUT2D eigenvalue weighted by Crippen LogP contribution is -2.20. The Morgan fingerprint density at radius 3 is 2.84 bits per heavy atom. The summed E-state index contributed by atoms with van der Waals surface area (Å²) in [5.74, 6) is 0.976. The molecule has 19 heavy (non-hydrogen) atoms.